The number of hydrogen-bond acceptors (Lipinski definition) is 2. The van der Waals surface area contributed by atoms with Crippen LogP contribution < -0.4 is 5.32 Å². The lowest BCUT2D eigenvalue weighted by Gasteiger charge is -2.06. The van der Waals surface area contributed by atoms with E-state index < -0.39 is 0 Å². The number of carbonyl (C=O) groups is 1. The van der Waals surface area contributed by atoms with Gasteiger partial charge in [0.1, 0.15) is 0 Å². The summed E-state index contributed by atoms with van der Waals surface area (Å²) in [4.78, 5) is 11.2. The molecule has 2 N–H and O–H groups in total. The maximum Gasteiger partial charge on any atom is 0.222 e. The molecular formula is C9H15N3O. The molecule has 0 unspecified atom stereocenters. The largest absolute Gasteiger partial charge is 0.352 e. The lowest BCUT2D eigenvalue weighted by molar-refractivity contribution is -0.124. The zero-order valence-electron chi connectivity index (χ0n) is 8.22. The number of aromatic amines is 1. The fraction of sp³-hybridized carbons (Fsp3) is 0.556. The van der Waals surface area contributed by atoms with E-state index in [4.69, 9.17) is 0 Å². The number of H-pyrrole nitrogens is 1. The molecule has 4 heteroatoms. The van der Waals surface area contributed by atoms with Gasteiger partial charge in [-0.15, -0.1) is 0 Å². The zero-order valence-corrected chi connectivity index (χ0v) is 8.22. The molecule has 0 saturated heterocycles. The highest BCUT2D eigenvalue weighted by molar-refractivity contribution is 5.77. The van der Waals surface area contributed by atoms with Crippen molar-refractivity contribution < 1.29 is 4.79 Å². The van der Waals surface area contributed by atoms with Crippen molar-refractivity contribution in [2.24, 2.45) is 5.92 Å². The van der Waals surface area contributed by atoms with Crippen molar-refractivity contribution in [1.29, 1.82) is 0 Å². The van der Waals surface area contributed by atoms with Crippen LogP contribution in [0.5, 0.6) is 0 Å². The Kier molecular flexibility index (Phi) is 3.06. The Morgan fingerprint density at radius 3 is 2.85 bits per heavy atom. The minimum Gasteiger partial charge on any atom is -0.352 e. The van der Waals surface area contributed by atoms with Gasteiger partial charge in [-0.3, -0.25) is 9.89 Å². The molecule has 0 spiro atoms. The summed E-state index contributed by atoms with van der Waals surface area (Å²) < 4.78 is 0. The minimum atomic E-state index is 0.0345. The summed E-state index contributed by atoms with van der Waals surface area (Å²) in [6.45, 7) is 6.23. The normalized spacial score (nSPS) is 10.5. The fourth-order valence-corrected chi connectivity index (χ4v) is 0.940. The van der Waals surface area contributed by atoms with Gasteiger partial charge in [-0.1, -0.05) is 13.8 Å². The summed E-state index contributed by atoms with van der Waals surface area (Å²) in [6.07, 6.45) is 1.73. The summed E-state index contributed by atoms with van der Waals surface area (Å²) in [5.41, 5.74) is 2.04. The van der Waals surface area contributed by atoms with E-state index in [0.717, 1.165) is 11.3 Å². The standard InChI is InChI=1S/C9H15N3O/c1-6(2)9(13)10-4-8-5-11-12-7(8)3/h5-6H,4H2,1-3H3,(H,10,13)(H,11,12). The van der Waals surface area contributed by atoms with E-state index in [0.29, 0.717) is 6.54 Å². The zero-order chi connectivity index (χ0) is 9.84. The number of carbonyl (C=O) groups excluding carboxylic acids is 1. The van der Waals surface area contributed by atoms with E-state index in [1.165, 1.54) is 0 Å². The van der Waals surface area contributed by atoms with Crippen LogP contribution in [0.1, 0.15) is 25.1 Å². The molecule has 0 aliphatic heterocycles. The van der Waals surface area contributed by atoms with Crippen LogP contribution in [0.15, 0.2) is 6.20 Å². The predicted octanol–water partition coefficient (Wildman–Crippen LogP) is 0.990. The number of aromatic nitrogens is 2. The van der Waals surface area contributed by atoms with Crippen molar-refractivity contribution in [2.45, 2.75) is 27.3 Å². The summed E-state index contributed by atoms with van der Waals surface area (Å²) in [5, 5.41) is 9.51. The molecule has 0 radical (unpaired) electrons. The van der Waals surface area contributed by atoms with Crippen molar-refractivity contribution >= 4 is 5.91 Å². The van der Waals surface area contributed by atoms with E-state index in [2.05, 4.69) is 15.5 Å². The molecule has 72 valence electrons. The smallest absolute Gasteiger partial charge is 0.222 e. The number of nitrogens with zero attached hydrogens (tertiary/aromatic N) is 1. The predicted molar refractivity (Wildman–Crippen MR) is 50.0 cm³/mol. The van der Waals surface area contributed by atoms with Crippen molar-refractivity contribution in [2.75, 3.05) is 0 Å². The van der Waals surface area contributed by atoms with E-state index >= 15 is 0 Å². The van der Waals surface area contributed by atoms with E-state index in [-0.39, 0.29) is 11.8 Å². The molecule has 0 saturated carbocycles. The third kappa shape index (κ3) is 2.57. The quantitative estimate of drug-likeness (QED) is 0.730. The second kappa shape index (κ2) is 4.07. The third-order valence-corrected chi connectivity index (χ3v) is 1.91. The lowest BCUT2D eigenvalue weighted by Crippen LogP contribution is -2.27. The fourth-order valence-electron chi connectivity index (χ4n) is 0.940. The molecule has 0 bridgehead atoms. The molecule has 0 atom stereocenters. The molecule has 0 fully saturated rings. The topological polar surface area (TPSA) is 57.8 Å². The SMILES string of the molecule is Cc1[nH]ncc1CNC(=O)C(C)C. The van der Waals surface area contributed by atoms with Gasteiger partial charge in [-0.05, 0) is 6.92 Å². The Morgan fingerprint density at radius 1 is 1.69 bits per heavy atom. The Labute approximate surface area is 77.7 Å². The van der Waals surface area contributed by atoms with E-state index in [9.17, 15) is 4.79 Å². The second-order valence-corrected chi connectivity index (χ2v) is 3.39. The van der Waals surface area contributed by atoms with Crippen LogP contribution in [0.2, 0.25) is 0 Å². The first-order chi connectivity index (χ1) is 6.11. The average Bonchev–Trinajstić information content (AvgIpc) is 2.47. The van der Waals surface area contributed by atoms with Crippen molar-refractivity contribution in [1.82, 2.24) is 15.5 Å². The number of nitrogens with one attached hydrogen (secondary N) is 2. The third-order valence-electron chi connectivity index (χ3n) is 1.91. The van der Waals surface area contributed by atoms with Crippen LogP contribution in [0.4, 0.5) is 0 Å². The maximum atomic E-state index is 11.2. The summed E-state index contributed by atoms with van der Waals surface area (Å²) in [7, 11) is 0. The van der Waals surface area contributed by atoms with Crippen molar-refractivity contribution in [3.8, 4) is 0 Å². The van der Waals surface area contributed by atoms with Crippen molar-refractivity contribution in [3.05, 3.63) is 17.5 Å². The Hall–Kier alpha value is -1.32. The Bertz CT molecular complexity index is 291. The highest BCUT2D eigenvalue weighted by atomic mass is 16.1. The molecule has 0 aliphatic carbocycles. The first kappa shape index (κ1) is 9.77. The molecule has 0 aliphatic rings. The van der Waals surface area contributed by atoms with Gasteiger partial charge >= 0.3 is 0 Å². The molecule has 1 amide bonds. The van der Waals surface area contributed by atoms with Gasteiger partial charge in [0.15, 0.2) is 0 Å². The number of aryl methyl sites for hydroxylation is 1. The summed E-state index contributed by atoms with van der Waals surface area (Å²) >= 11 is 0. The molecule has 1 rings (SSSR count). The van der Waals surface area contributed by atoms with E-state index in [1.807, 2.05) is 20.8 Å². The van der Waals surface area contributed by atoms with Crippen LogP contribution in [-0.2, 0) is 11.3 Å². The molecule has 13 heavy (non-hydrogen) atoms. The highest BCUT2D eigenvalue weighted by Gasteiger charge is 2.07. The molecule has 0 aromatic carbocycles. The molecule has 1 aromatic heterocycles. The van der Waals surface area contributed by atoms with Gasteiger partial charge in [-0.25, -0.2) is 0 Å². The summed E-state index contributed by atoms with van der Waals surface area (Å²) in [5.74, 6) is 0.104. The first-order valence-corrected chi connectivity index (χ1v) is 4.38. The molecule has 4 nitrogen and oxygen atoms in total. The van der Waals surface area contributed by atoms with Gasteiger partial charge < -0.3 is 5.32 Å². The maximum absolute atomic E-state index is 11.2. The molecular weight excluding hydrogens is 166 g/mol. The van der Waals surface area contributed by atoms with Gasteiger partial charge in [0.25, 0.3) is 0 Å². The average molecular weight is 181 g/mol. The molecule has 1 heterocycles. The van der Waals surface area contributed by atoms with Crippen molar-refractivity contribution in [3.63, 3.8) is 0 Å². The van der Waals surface area contributed by atoms with Gasteiger partial charge in [0.05, 0.1) is 6.20 Å². The van der Waals surface area contributed by atoms with Crippen LogP contribution in [0.3, 0.4) is 0 Å². The Morgan fingerprint density at radius 2 is 2.38 bits per heavy atom. The first-order valence-electron chi connectivity index (χ1n) is 4.38. The second-order valence-electron chi connectivity index (χ2n) is 3.39. The van der Waals surface area contributed by atoms with Crippen LogP contribution in [-0.4, -0.2) is 16.1 Å². The van der Waals surface area contributed by atoms with Crippen LogP contribution >= 0.6 is 0 Å². The lowest BCUT2D eigenvalue weighted by atomic mass is 10.2. The summed E-state index contributed by atoms with van der Waals surface area (Å²) in [6, 6.07) is 0. The number of hydrogen-bond donors (Lipinski definition) is 2. The number of amides is 1. The van der Waals surface area contributed by atoms with Gasteiger partial charge in [-0.2, -0.15) is 5.10 Å². The van der Waals surface area contributed by atoms with Crippen LogP contribution in [0, 0.1) is 12.8 Å². The molecule has 1 aromatic rings. The number of rotatable bonds is 3. The van der Waals surface area contributed by atoms with E-state index in [1.54, 1.807) is 6.20 Å². The Balaban J connectivity index is 2.44. The van der Waals surface area contributed by atoms with Gasteiger partial charge in [0.2, 0.25) is 5.91 Å². The highest BCUT2D eigenvalue weighted by Crippen LogP contribution is 2.02. The van der Waals surface area contributed by atoms with Gasteiger partial charge in [0, 0.05) is 23.7 Å². The minimum absolute atomic E-state index is 0.0345. The monoisotopic (exact) mass is 181 g/mol. The van der Waals surface area contributed by atoms with Crippen LogP contribution in [0.25, 0.3) is 0 Å².